The summed E-state index contributed by atoms with van der Waals surface area (Å²) < 4.78 is 3.52. The maximum absolute atomic E-state index is 4.55. The Morgan fingerprint density at radius 2 is 1.95 bits per heavy atom. The average molecular weight is 272 g/mol. The second kappa shape index (κ2) is 5.81. The minimum absolute atomic E-state index is 0.298. The van der Waals surface area contributed by atoms with Gasteiger partial charge in [-0.1, -0.05) is 27.7 Å². The number of hydrogen-bond donors (Lipinski definition) is 0. The number of fused-ring (bicyclic) bond motifs is 1. The fourth-order valence-corrected chi connectivity index (χ4v) is 1.83. The van der Waals surface area contributed by atoms with E-state index >= 15 is 0 Å². The van der Waals surface area contributed by atoms with Crippen molar-refractivity contribution in [1.82, 2.24) is 29.4 Å². The Balaban J connectivity index is 0.000000704. The largest absolute Gasteiger partial charge is 0.275 e. The summed E-state index contributed by atoms with van der Waals surface area (Å²) in [4.78, 5) is 8.94. The number of nitrogens with zero attached hydrogens (tertiary/aromatic N) is 6. The standard InChI is InChI=1S/C12H14N6.C2H6/c1-8(2)11-15-12-10(9-6-14-17(3)7-9)13-4-5-18(12)16-11;1-2/h4-8H,1-3H3;1-2H3. The van der Waals surface area contributed by atoms with Crippen molar-refractivity contribution in [3.8, 4) is 11.3 Å². The Labute approximate surface area is 118 Å². The predicted octanol–water partition coefficient (Wildman–Crippen LogP) is 2.67. The second-order valence-corrected chi connectivity index (χ2v) is 4.57. The molecular formula is C14H20N6. The molecule has 0 aromatic carbocycles. The van der Waals surface area contributed by atoms with Gasteiger partial charge in [-0.05, 0) is 0 Å². The molecule has 6 nitrogen and oxygen atoms in total. The van der Waals surface area contributed by atoms with Crippen LogP contribution in [0.25, 0.3) is 16.9 Å². The summed E-state index contributed by atoms with van der Waals surface area (Å²) >= 11 is 0. The highest BCUT2D eigenvalue weighted by atomic mass is 15.3. The van der Waals surface area contributed by atoms with Gasteiger partial charge in [0.15, 0.2) is 11.5 Å². The molecule has 0 amide bonds. The minimum atomic E-state index is 0.298. The Morgan fingerprint density at radius 1 is 1.20 bits per heavy atom. The summed E-state index contributed by atoms with van der Waals surface area (Å²) in [6.07, 6.45) is 7.25. The Morgan fingerprint density at radius 3 is 2.55 bits per heavy atom. The van der Waals surface area contributed by atoms with Crippen molar-refractivity contribution in [2.45, 2.75) is 33.6 Å². The molecule has 0 fully saturated rings. The molecule has 6 heteroatoms. The maximum Gasteiger partial charge on any atom is 0.182 e. The lowest BCUT2D eigenvalue weighted by Gasteiger charge is -1.97. The molecule has 0 N–H and O–H groups in total. The lowest BCUT2D eigenvalue weighted by Crippen LogP contribution is -1.92. The number of aromatic nitrogens is 6. The first-order chi connectivity index (χ1) is 9.65. The summed E-state index contributed by atoms with van der Waals surface area (Å²) in [7, 11) is 1.88. The van der Waals surface area contributed by atoms with E-state index in [0.29, 0.717) is 5.92 Å². The van der Waals surface area contributed by atoms with Crippen molar-refractivity contribution in [3.63, 3.8) is 0 Å². The van der Waals surface area contributed by atoms with Crippen LogP contribution in [-0.2, 0) is 7.05 Å². The van der Waals surface area contributed by atoms with Gasteiger partial charge in [0.2, 0.25) is 0 Å². The molecule has 0 aliphatic rings. The van der Waals surface area contributed by atoms with E-state index in [-0.39, 0.29) is 0 Å². The van der Waals surface area contributed by atoms with Crippen LogP contribution in [0.1, 0.15) is 39.4 Å². The highest BCUT2D eigenvalue weighted by Crippen LogP contribution is 2.21. The smallest absolute Gasteiger partial charge is 0.182 e. The van der Waals surface area contributed by atoms with E-state index in [1.165, 1.54) is 0 Å². The Bertz CT molecular complexity index is 695. The third-order valence-corrected chi connectivity index (χ3v) is 2.77. The van der Waals surface area contributed by atoms with Crippen LogP contribution >= 0.6 is 0 Å². The normalized spacial score (nSPS) is 10.7. The van der Waals surface area contributed by atoms with E-state index in [9.17, 15) is 0 Å². The molecule has 3 aromatic rings. The van der Waals surface area contributed by atoms with Gasteiger partial charge in [-0.2, -0.15) is 10.2 Å². The van der Waals surface area contributed by atoms with Crippen LogP contribution < -0.4 is 0 Å². The number of rotatable bonds is 2. The van der Waals surface area contributed by atoms with E-state index in [1.54, 1.807) is 21.6 Å². The van der Waals surface area contributed by atoms with E-state index < -0.39 is 0 Å². The summed E-state index contributed by atoms with van der Waals surface area (Å²) in [6, 6.07) is 0. The molecule has 20 heavy (non-hydrogen) atoms. The second-order valence-electron chi connectivity index (χ2n) is 4.57. The van der Waals surface area contributed by atoms with Crippen molar-refractivity contribution in [1.29, 1.82) is 0 Å². The fraction of sp³-hybridized carbons (Fsp3) is 0.429. The molecule has 3 heterocycles. The van der Waals surface area contributed by atoms with Crippen LogP contribution in [0.5, 0.6) is 0 Å². The molecular weight excluding hydrogens is 252 g/mol. The van der Waals surface area contributed by atoms with Crippen molar-refractivity contribution in [3.05, 3.63) is 30.6 Å². The first kappa shape index (κ1) is 14.2. The first-order valence-electron chi connectivity index (χ1n) is 6.85. The molecule has 0 radical (unpaired) electrons. The molecule has 0 aliphatic heterocycles. The van der Waals surface area contributed by atoms with Gasteiger partial charge in [0.05, 0.1) is 6.20 Å². The molecule has 0 bridgehead atoms. The lowest BCUT2D eigenvalue weighted by molar-refractivity contribution is 0.765. The van der Waals surface area contributed by atoms with Crippen molar-refractivity contribution < 1.29 is 0 Å². The van der Waals surface area contributed by atoms with Gasteiger partial charge < -0.3 is 0 Å². The van der Waals surface area contributed by atoms with Gasteiger partial charge in [0.25, 0.3) is 0 Å². The molecule has 3 rings (SSSR count). The summed E-state index contributed by atoms with van der Waals surface area (Å²) in [5.41, 5.74) is 2.53. The maximum atomic E-state index is 4.55. The van der Waals surface area contributed by atoms with Gasteiger partial charge >= 0.3 is 0 Å². The zero-order chi connectivity index (χ0) is 14.7. The quantitative estimate of drug-likeness (QED) is 0.719. The zero-order valence-corrected chi connectivity index (χ0v) is 12.6. The molecule has 0 atom stereocenters. The van der Waals surface area contributed by atoms with Crippen LogP contribution in [0.3, 0.4) is 0 Å². The van der Waals surface area contributed by atoms with Gasteiger partial charge in [-0.15, -0.1) is 0 Å². The van der Waals surface area contributed by atoms with Crippen molar-refractivity contribution in [2.75, 3.05) is 0 Å². The van der Waals surface area contributed by atoms with Gasteiger partial charge in [0, 0.05) is 37.1 Å². The topological polar surface area (TPSA) is 60.9 Å². The van der Waals surface area contributed by atoms with E-state index in [2.05, 4.69) is 34.0 Å². The molecule has 0 spiro atoms. The molecule has 0 unspecified atom stereocenters. The molecule has 0 saturated carbocycles. The SMILES string of the molecule is CC.CC(C)c1nc2c(-c3cnn(C)c3)nccn2n1. The number of aryl methyl sites for hydroxylation is 1. The van der Waals surface area contributed by atoms with Gasteiger partial charge in [-0.3, -0.25) is 9.67 Å². The van der Waals surface area contributed by atoms with Crippen molar-refractivity contribution >= 4 is 5.65 Å². The van der Waals surface area contributed by atoms with Crippen molar-refractivity contribution in [2.24, 2.45) is 7.05 Å². The number of hydrogen-bond acceptors (Lipinski definition) is 4. The van der Waals surface area contributed by atoms with Crippen LogP contribution in [-0.4, -0.2) is 29.4 Å². The first-order valence-corrected chi connectivity index (χ1v) is 6.85. The summed E-state index contributed by atoms with van der Waals surface area (Å²) in [5, 5.41) is 8.60. The minimum Gasteiger partial charge on any atom is -0.275 e. The predicted molar refractivity (Wildman–Crippen MR) is 78.4 cm³/mol. The van der Waals surface area contributed by atoms with Gasteiger partial charge in [-0.25, -0.2) is 9.50 Å². The van der Waals surface area contributed by atoms with Crippen LogP contribution in [0, 0.1) is 0 Å². The molecule has 106 valence electrons. The van der Waals surface area contributed by atoms with Gasteiger partial charge in [0.1, 0.15) is 5.69 Å². The Hall–Kier alpha value is -2.24. The monoisotopic (exact) mass is 272 g/mol. The molecule has 3 aromatic heterocycles. The zero-order valence-electron chi connectivity index (χ0n) is 12.6. The lowest BCUT2D eigenvalue weighted by atomic mass is 10.2. The Kier molecular flexibility index (Phi) is 4.12. The molecule has 0 saturated heterocycles. The van der Waals surface area contributed by atoms with E-state index in [0.717, 1.165) is 22.7 Å². The van der Waals surface area contributed by atoms with E-state index in [4.69, 9.17) is 0 Å². The highest BCUT2D eigenvalue weighted by Gasteiger charge is 2.13. The average Bonchev–Trinajstić information content (AvgIpc) is 3.06. The van der Waals surface area contributed by atoms with Crippen LogP contribution in [0.2, 0.25) is 0 Å². The third-order valence-electron chi connectivity index (χ3n) is 2.77. The van der Waals surface area contributed by atoms with Crippen LogP contribution in [0.15, 0.2) is 24.8 Å². The van der Waals surface area contributed by atoms with E-state index in [1.807, 2.05) is 33.3 Å². The fourth-order valence-electron chi connectivity index (χ4n) is 1.83. The van der Waals surface area contributed by atoms with Crippen LogP contribution in [0.4, 0.5) is 0 Å². The third kappa shape index (κ3) is 2.54. The summed E-state index contributed by atoms with van der Waals surface area (Å²) in [6.45, 7) is 8.15. The summed E-state index contributed by atoms with van der Waals surface area (Å²) in [5.74, 6) is 1.12. The highest BCUT2D eigenvalue weighted by molar-refractivity contribution is 5.72. The molecule has 0 aliphatic carbocycles.